The summed E-state index contributed by atoms with van der Waals surface area (Å²) >= 11 is 1.21. The van der Waals surface area contributed by atoms with Crippen LogP contribution in [0.5, 0.6) is 0 Å². The summed E-state index contributed by atoms with van der Waals surface area (Å²) < 4.78 is 1.58. The van der Waals surface area contributed by atoms with Crippen molar-refractivity contribution in [2.75, 3.05) is 0 Å². The number of hydrogen-bond donors (Lipinski definition) is 1. The van der Waals surface area contributed by atoms with E-state index in [1.165, 1.54) is 11.8 Å². The Morgan fingerprint density at radius 1 is 1.17 bits per heavy atom. The first-order valence-corrected chi connectivity index (χ1v) is 8.50. The molecule has 1 heterocycles. The Morgan fingerprint density at radius 2 is 1.83 bits per heavy atom. The largest absolute Gasteiger partial charge is 0.368 e. The summed E-state index contributed by atoms with van der Waals surface area (Å²) in [6.45, 7) is 2.35. The Bertz CT molecular complexity index is 938. The Kier molecular flexibility index (Phi) is 4.66. The van der Waals surface area contributed by atoms with Crippen molar-refractivity contribution in [1.82, 2.24) is 9.55 Å². The lowest BCUT2D eigenvalue weighted by Crippen LogP contribution is -2.25. The van der Waals surface area contributed by atoms with Crippen molar-refractivity contribution in [2.24, 2.45) is 5.73 Å². The fourth-order valence-corrected chi connectivity index (χ4v) is 3.65. The minimum atomic E-state index is -0.600. The molecule has 1 unspecified atom stereocenters. The van der Waals surface area contributed by atoms with E-state index in [-0.39, 0.29) is 5.56 Å². The zero-order chi connectivity index (χ0) is 17.1. The molecule has 3 rings (SSSR count). The fourth-order valence-electron chi connectivity index (χ4n) is 2.54. The van der Waals surface area contributed by atoms with E-state index in [4.69, 9.17) is 5.73 Å². The van der Waals surface area contributed by atoms with Crippen LogP contribution in [-0.4, -0.2) is 15.5 Å². The monoisotopic (exact) mass is 339 g/mol. The number of benzene rings is 2. The van der Waals surface area contributed by atoms with Gasteiger partial charge >= 0.3 is 0 Å². The second kappa shape index (κ2) is 6.88. The molecular formula is C18H17N3O2S. The first kappa shape index (κ1) is 16.3. The highest BCUT2D eigenvalue weighted by Gasteiger charge is 2.22. The molecule has 24 heavy (non-hydrogen) atoms. The molecule has 6 heteroatoms. The van der Waals surface area contributed by atoms with Crippen molar-refractivity contribution in [2.45, 2.75) is 23.9 Å². The van der Waals surface area contributed by atoms with E-state index in [0.717, 1.165) is 5.56 Å². The number of aromatic nitrogens is 2. The number of nitrogens with zero attached hydrogens (tertiary/aromatic N) is 2. The van der Waals surface area contributed by atoms with E-state index >= 15 is 0 Å². The fraction of sp³-hybridized carbons (Fsp3) is 0.167. The van der Waals surface area contributed by atoms with Crippen molar-refractivity contribution in [3.05, 3.63) is 70.5 Å². The molecule has 0 spiro atoms. The second-order valence-corrected chi connectivity index (χ2v) is 6.34. The number of carbonyl (C=O) groups excluding carboxylic acids is 1. The summed E-state index contributed by atoms with van der Waals surface area (Å²) in [5, 5.41) is 0.463. The van der Waals surface area contributed by atoms with Gasteiger partial charge in [-0.2, -0.15) is 0 Å². The van der Waals surface area contributed by atoms with Crippen molar-refractivity contribution in [3.63, 3.8) is 0 Å². The third-order valence-electron chi connectivity index (χ3n) is 3.73. The quantitative estimate of drug-likeness (QED) is 0.573. The predicted octanol–water partition coefficient (Wildman–Crippen LogP) is 2.74. The summed E-state index contributed by atoms with van der Waals surface area (Å²) in [6.07, 6.45) is 0. The smallest absolute Gasteiger partial charge is 0.262 e. The summed E-state index contributed by atoms with van der Waals surface area (Å²) in [5.74, 6) is -0.462. The maximum atomic E-state index is 12.7. The molecule has 0 radical (unpaired) electrons. The highest BCUT2D eigenvalue weighted by Crippen LogP contribution is 2.34. The van der Waals surface area contributed by atoms with Gasteiger partial charge in [0.05, 0.1) is 10.9 Å². The molecule has 122 valence electrons. The third-order valence-corrected chi connectivity index (χ3v) is 4.99. The topological polar surface area (TPSA) is 78.0 Å². The van der Waals surface area contributed by atoms with Crippen LogP contribution in [0.25, 0.3) is 10.9 Å². The standard InChI is InChI=1S/C18H17N3O2S/c1-2-21-17(23)13-10-6-7-11-14(13)20-18(21)24-15(16(19)22)12-8-4-3-5-9-12/h3-11,15H,2H2,1H3,(H2,19,22). The molecule has 0 saturated heterocycles. The van der Waals surface area contributed by atoms with E-state index in [9.17, 15) is 9.59 Å². The highest BCUT2D eigenvalue weighted by atomic mass is 32.2. The molecule has 2 N–H and O–H groups in total. The number of rotatable bonds is 5. The van der Waals surface area contributed by atoms with Crippen LogP contribution in [0.15, 0.2) is 64.5 Å². The van der Waals surface area contributed by atoms with E-state index in [2.05, 4.69) is 4.98 Å². The highest BCUT2D eigenvalue weighted by molar-refractivity contribution is 8.00. The zero-order valence-corrected chi connectivity index (χ0v) is 14.0. The van der Waals surface area contributed by atoms with Gasteiger partial charge in [0, 0.05) is 6.54 Å². The number of primary amides is 1. The Balaban J connectivity index is 2.11. The molecule has 0 aliphatic carbocycles. The average Bonchev–Trinajstić information content (AvgIpc) is 2.60. The number of hydrogen-bond acceptors (Lipinski definition) is 4. The Labute approximate surface area is 143 Å². The predicted molar refractivity (Wildman–Crippen MR) is 95.9 cm³/mol. The van der Waals surface area contributed by atoms with E-state index < -0.39 is 11.2 Å². The first-order valence-electron chi connectivity index (χ1n) is 7.62. The number of fused-ring (bicyclic) bond motifs is 1. The van der Waals surface area contributed by atoms with Crippen LogP contribution >= 0.6 is 11.8 Å². The van der Waals surface area contributed by atoms with Crippen LogP contribution in [0.1, 0.15) is 17.7 Å². The number of para-hydroxylation sites is 1. The molecule has 3 aromatic rings. The molecule has 0 aliphatic rings. The van der Waals surface area contributed by atoms with Crippen LogP contribution in [-0.2, 0) is 11.3 Å². The number of amides is 1. The van der Waals surface area contributed by atoms with Gasteiger partial charge in [0.1, 0.15) is 5.25 Å². The molecule has 0 aliphatic heterocycles. The molecule has 0 fully saturated rings. The lowest BCUT2D eigenvalue weighted by atomic mass is 10.1. The Morgan fingerprint density at radius 3 is 2.50 bits per heavy atom. The number of nitrogens with two attached hydrogens (primary N) is 1. The lowest BCUT2D eigenvalue weighted by Gasteiger charge is -2.16. The molecular weight excluding hydrogens is 322 g/mol. The molecule has 0 saturated carbocycles. The molecule has 2 aromatic carbocycles. The maximum Gasteiger partial charge on any atom is 0.262 e. The summed E-state index contributed by atoms with van der Waals surface area (Å²) in [7, 11) is 0. The normalized spacial score (nSPS) is 12.2. The van der Waals surface area contributed by atoms with E-state index in [1.54, 1.807) is 16.7 Å². The first-order chi connectivity index (χ1) is 11.6. The van der Waals surface area contributed by atoms with Crippen molar-refractivity contribution < 1.29 is 4.79 Å². The van der Waals surface area contributed by atoms with Gasteiger partial charge in [-0.25, -0.2) is 4.98 Å². The van der Waals surface area contributed by atoms with Crippen LogP contribution < -0.4 is 11.3 Å². The SMILES string of the molecule is CCn1c(SC(C(N)=O)c2ccccc2)nc2ccccc2c1=O. The summed E-state index contributed by atoms with van der Waals surface area (Å²) in [5.41, 5.74) is 6.88. The Hall–Kier alpha value is -2.60. The van der Waals surface area contributed by atoms with Crippen LogP contribution in [0.3, 0.4) is 0 Å². The van der Waals surface area contributed by atoms with Crippen molar-refractivity contribution >= 4 is 28.6 Å². The number of carbonyl (C=O) groups is 1. The van der Waals surface area contributed by atoms with Crippen molar-refractivity contribution in [1.29, 1.82) is 0 Å². The molecule has 1 amide bonds. The van der Waals surface area contributed by atoms with Gasteiger partial charge in [0.15, 0.2) is 5.16 Å². The molecule has 0 bridgehead atoms. The molecule has 5 nitrogen and oxygen atoms in total. The van der Waals surface area contributed by atoms with Crippen LogP contribution in [0.4, 0.5) is 0 Å². The minimum absolute atomic E-state index is 0.109. The summed E-state index contributed by atoms with van der Waals surface area (Å²) in [4.78, 5) is 29.2. The van der Waals surface area contributed by atoms with Crippen molar-refractivity contribution in [3.8, 4) is 0 Å². The summed E-state index contributed by atoms with van der Waals surface area (Å²) in [6, 6.07) is 16.5. The van der Waals surface area contributed by atoms with Gasteiger partial charge in [-0.3, -0.25) is 14.2 Å². The van der Waals surface area contributed by atoms with Crippen LogP contribution in [0, 0.1) is 0 Å². The average molecular weight is 339 g/mol. The lowest BCUT2D eigenvalue weighted by molar-refractivity contribution is -0.117. The molecule has 1 atom stereocenters. The van der Waals surface area contributed by atoms with E-state index in [1.807, 2.05) is 49.4 Å². The van der Waals surface area contributed by atoms with Gasteiger partial charge in [-0.15, -0.1) is 0 Å². The maximum absolute atomic E-state index is 12.7. The second-order valence-electron chi connectivity index (χ2n) is 5.27. The van der Waals surface area contributed by atoms with E-state index in [0.29, 0.717) is 22.6 Å². The van der Waals surface area contributed by atoms with Gasteiger partial charge in [0.2, 0.25) is 5.91 Å². The third kappa shape index (κ3) is 3.05. The number of thioether (sulfide) groups is 1. The molecule has 1 aromatic heterocycles. The van der Waals surface area contributed by atoms with Gasteiger partial charge in [-0.05, 0) is 24.6 Å². The van der Waals surface area contributed by atoms with Gasteiger partial charge in [-0.1, -0.05) is 54.2 Å². The zero-order valence-electron chi connectivity index (χ0n) is 13.2. The van der Waals surface area contributed by atoms with Gasteiger partial charge in [0.25, 0.3) is 5.56 Å². The van der Waals surface area contributed by atoms with Gasteiger partial charge < -0.3 is 5.73 Å². The minimum Gasteiger partial charge on any atom is -0.368 e. The van der Waals surface area contributed by atoms with Crippen LogP contribution in [0.2, 0.25) is 0 Å².